The van der Waals surface area contributed by atoms with Crippen LogP contribution in [0.2, 0.25) is 0 Å². The summed E-state index contributed by atoms with van der Waals surface area (Å²) in [5.74, 6) is -0.308. The summed E-state index contributed by atoms with van der Waals surface area (Å²) in [5, 5.41) is 20.7. The fourth-order valence-electron chi connectivity index (χ4n) is 2.35. The summed E-state index contributed by atoms with van der Waals surface area (Å²) in [6.07, 6.45) is 0.731. The molecule has 0 saturated carbocycles. The molecule has 0 unspecified atom stereocenters. The van der Waals surface area contributed by atoms with E-state index in [9.17, 15) is 20.0 Å². The summed E-state index contributed by atoms with van der Waals surface area (Å²) < 4.78 is 5.06. The van der Waals surface area contributed by atoms with Gasteiger partial charge in [-0.25, -0.2) is 0 Å². The maximum atomic E-state index is 12.5. The molecule has 1 N–H and O–H groups in total. The third-order valence-corrected chi connectivity index (χ3v) is 3.32. The molecule has 1 aromatic carbocycles. The fourth-order valence-corrected chi connectivity index (χ4v) is 2.35. The van der Waals surface area contributed by atoms with Gasteiger partial charge in [-0.15, -0.1) is 0 Å². The van der Waals surface area contributed by atoms with E-state index in [1.807, 2.05) is 0 Å². The third-order valence-electron chi connectivity index (χ3n) is 3.32. The van der Waals surface area contributed by atoms with Crippen LogP contribution in [0.5, 0.6) is 5.75 Å². The van der Waals surface area contributed by atoms with Crippen LogP contribution in [0, 0.1) is 10.1 Å². The predicted octanol–water partition coefficient (Wildman–Crippen LogP) is 1.20. The van der Waals surface area contributed by atoms with Crippen LogP contribution >= 0.6 is 0 Å². The van der Waals surface area contributed by atoms with E-state index < -0.39 is 16.9 Å². The van der Waals surface area contributed by atoms with Crippen molar-refractivity contribution in [3.63, 3.8) is 0 Å². The average Bonchev–Trinajstić information content (AvgIpc) is 2.45. The predicted molar refractivity (Wildman–Crippen MR) is 70.8 cm³/mol. The zero-order chi connectivity index (χ0) is 14.7. The second-order valence-corrected chi connectivity index (χ2v) is 4.66. The first kappa shape index (κ1) is 14.3. The highest BCUT2D eigenvalue weighted by atomic mass is 16.6. The van der Waals surface area contributed by atoms with Crippen LogP contribution in [-0.4, -0.2) is 47.1 Å². The minimum absolute atomic E-state index is 0.0610. The maximum Gasteiger partial charge on any atom is 0.285 e. The fraction of sp³-hybridized carbons (Fsp3) is 0.462. The number of nitro groups is 1. The maximum absolute atomic E-state index is 12.5. The highest BCUT2D eigenvalue weighted by molar-refractivity contribution is 6.01. The Bertz CT molecular complexity index is 531. The number of hydrogen-bond acceptors (Lipinski definition) is 5. The van der Waals surface area contributed by atoms with Gasteiger partial charge in [-0.05, 0) is 18.9 Å². The van der Waals surface area contributed by atoms with E-state index in [2.05, 4.69) is 0 Å². The Kier molecular flexibility index (Phi) is 4.19. The third kappa shape index (κ3) is 2.72. The number of rotatable bonds is 3. The zero-order valence-corrected chi connectivity index (χ0v) is 11.1. The molecule has 0 spiro atoms. The molecule has 1 saturated heterocycles. The Hall–Kier alpha value is -2.15. The number of hydrogen-bond donors (Lipinski definition) is 1. The molecule has 0 radical (unpaired) electrons. The number of piperidine rings is 1. The lowest BCUT2D eigenvalue weighted by Gasteiger charge is -2.30. The van der Waals surface area contributed by atoms with Gasteiger partial charge in [-0.1, -0.05) is 6.07 Å². The summed E-state index contributed by atoms with van der Waals surface area (Å²) in [6, 6.07) is 4.26. The summed E-state index contributed by atoms with van der Waals surface area (Å²) >= 11 is 0. The number of methoxy groups -OCH3 is 1. The van der Waals surface area contributed by atoms with Crippen LogP contribution in [0.1, 0.15) is 23.2 Å². The van der Waals surface area contributed by atoms with Crippen molar-refractivity contribution in [2.24, 2.45) is 0 Å². The number of amides is 1. The highest BCUT2D eigenvalue weighted by Gasteiger charge is 2.31. The molecule has 1 aromatic rings. The van der Waals surface area contributed by atoms with Crippen LogP contribution in [0.3, 0.4) is 0 Å². The Morgan fingerprint density at radius 3 is 2.90 bits per heavy atom. The van der Waals surface area contributed by atoms with E-state index in [1.54, 1.807) is 0 Å². The van der Waals surface area contributed by atoms with Crippen LogP contribution in [0.15, 0.2) is 18.2 Å². The van der Waals surface area contributed by atoms with Gasteiger partial charge in [0.15, 0.2) is 5.56 Å². The van der Waals surface area contributed by atoms with Gasteiger partial charge in [0.05, 0.1) is 18.1 Å². The van der Waals surface area contributed by atoms with Gasteiger partial charge in [0, 0.05) is 19.2 Å². The minimum atomic E-state index is -0.601. The van der Waals surface area contributed by atoms with E-state index >= 15 is 0 Å². The van der Waals surface area contributed by atoms with E-state index in [0.717, 1.165) is 0 Å². The van der Waals surface area contributed by atoms with Crippen molar-refractivity contribution in [1.29, 1.82) is 0 Å². The molecule has 1 heterocycles. The number of β-amino-alcohol motifs (C(OH)–C–C–N with tert-alkyl or cyclic N) is 1. The van der Waals surface area contributed by atoms with Gasteiger partial charge in [-0.3, -0.25) is 14.9 Å². The number of aliphatic hydroxyl groups excluding tert-OH is 1. The smallest absolute Gasteiger partial charge is 0.285 e. The van der Waals surface area contributed by atoms with Gasteiger partial charge in [0.25, 0.3) is 11.6 Å². The molecule has 108 valence electrons. The summed E-state index contributed by atoms with van der Waals surface area (Å²) in [5.41, 5.74) is -0.344. The quantitative estimate of drug-likeness (QED) is 0.663. The molecule has 20 heavy (non-hydrogen) atoms. The van der Waals surface area contributed by atoms with Crippen LogP contribution in [0.25, 0.3) is 0 Å². The monoisotopic (exact) mass is 280 g/mol. The van der Waals surface area contributed by atoms with E-state index in [0.29, 0.717) is 19.4 Å². The lowest BCUT2D eigenvalue weighted by Crippen LogP contribution is -2.42. The molecule has 2 rings (SSSR count). The van der Waals surface area contributed by atoms with Crippen molar-refractivity contribution in [3.05, 3.63) is 33.9 Å². The standard InChI is InChI=1S/C13H16N2O5/c1-20-11-6-2-5-10(15(18)19)12(11)13(17)14-7-3-4-9(16)8-14/h2,5-6,9,16H,3-4,7-8H2,1H3/t9-/m0/s1. The average molecular weight is 280 g/mol. The number of likely N-dealkylation sites (tertiary alicyclic amines) is 1. The summed E-state index contributed by atoms with van der Waals surface area (Å²) in [6.45, 7) is 0.666. The first-order valence-corrected chi connectivity index (χ1v) is 6.33. The number of carbonyl (C=O) groups excluding carboxylic acids is 1. The molecule has 0 aliphatic carbocycles. The van der Waals surface area contributed by atoms with Crippen molar-refractivity contribution in [1.82, 2.24) is 4.90 Å². The van der Waals surface area contributed by atoms with Crippen molar-refractivity contribution in [3.8, 4) is 5.75 Å². The Labute approximate surface area is 115 Å². The molecule has 0 bridgehead atoms. The molecule has 0 aromatic heterocycles. The van der Waals surface area contributed by atoms with Crippen molar-refractivity contribution >= 4 is 11.6 Å². The lowest BCUT2D eigenvalue weighted by atomic mass is 10.1. The van der Waals surface area contributed by atoms with Gasteiger partial charge in [0.2, 0.25) is 0 Å². The van der Waals surface area contributed by atoms with Gasteiger partial charge in [-0.2, -0.15) is 0 Å². The number of nitro benzene ring substituents is 1. The van der Waals surface area contributed by atoms with Gasteiger partial charge in [0.1, 0.15) is 5.75 Å². The molecular weight excluding hydrogens is 264 g/mol. The molecule has 7 nitrogen and oxygen atoms in total. The molecule has 1 aliphatic heterocycles. The number of benzene rings is 1. The largest absolute Gasteiger partial charge is 0.496 e. The van der Waals surface area contributed by atoms with Gasteiger partial charge < -0.3 is 14.7 Å². The number of aliphatic hydroxyl groups is 1. The molecule has 1 aliphatic rings. The van der Waals surface area contributed by atoms with Crippen molar-refractivity contribution in [2.45, 2.75) is 18.9 Å². The van der Waals surface area contributed by atoms with E-state index in [4.69, 9.17) is 4.74 Å². The first-order chi connectivity index (χ1) is 9.54. The van der Waals surface area contributed by atoms with Crippen LogP contribution < -0.4 is 4.74 Å². The molecule has 1 atom stereocenters. The highest BCUT2D eigenvalue weighted by Crippen LogP contribution is 2.30. The molecule has 1 fully saturated rings. The van der Waals surface area contributed by atoms with E-state index in [1.165, 1.54) is 30.2 Å². The topological polar surface area (TPSA) is 92.9 Å². The van der Waals surface area contributed by atoms with Crippen LogP contribution in [-0.2, 0) is 0 Å². The van der Waals surface area contributed by atoms with Crippen LogP contribution in [0.4, 0.5) is 5.69 Å². The zero-order valence-electron chi connectivity index (χ0n) is 11.1. The number of nitrogens with zero attached hydrogens (tertiary/aromatic N) is 2. The normalized spacial score (nSPS) is 18.7. The second-order valence-electron chi connectivity index (χ2n) is 4.66. The second kappa shape index (κ2) is 5.87. The summed E-state index contributed by atoms with van der Waals surface area (Å²) in [4.78, 5) is 24.4. The van der Waals surface area contributed by atoms with Crippen molar-refractivity contribution < 1.29 is 19.6 Å². The number of ether oxygens (including phenoxy) is 1. The Morgan fingerprint density at radius 1 is 1.55 bits per heavy atom. The van der Waals surface area contributed by atoms with Crippen molar-refractivity contribution in [2.75, 3.05) is 20.2 Å². The Balaban J connectivity index is 2.39. The summed E-state index contributed by atoms with van der Waals surface area (Å²) in [7, 11) is 1.36. The molecule has 7 heteroatoms. The first-order valence-electron chi connectivity index (χ1n) is 6.33. The SMILES string of the molecule is COc1cccc([N+](=O)[O-])c1C(=O)N1CCC[C@H](O)C1. The number of carbonyl (C=O) groups is 1. The van der Waals surface area contributed by atoms with E-state index in [-0.39, 0.29) is 23.5 Å². The Morgan fingerprint density at radius 2 is 2.30 bits per heavy atom. The minimum Gasteiger partial charge on any atom is -0.496 e. The molecular formula is C13H16N2O5. The lowest BCUT2D eigenvalue weighted by molar-refractivity contribution is -0.385. The van der Waals surface area contributed by atoms with Gasteiger partial charge >= 0.3 is 0 Å². The molecule has 1 amide bonds.